The van der Waals surface area contributed by atoms with Gasteiger partial charge in [0, 0.05) is 11.8 Å². The lowest BCUT2D eigenvalue weighted by molar-refractivity contribution is 0.0465. The fourth-order valence-electron chi connectivity index (χ4n) is 3.10. The van der Waals surface area contributed by atoms with Crippen LogP contribution in [0.25, 0.3) is 10.8 Å². The summed E-state index contributed by atoms with van der Waals surface area (Å²) in [4.78, 5) is 17.2. The summed E-state index contributed by atoms with van der Waals surface area (Å²) in [7, 11) is 0. The van der Waals surface area contributed by atoms with E-state index < -0.39 is 5.97 Å². The molecule has 3 heteroatoms. The highest BCUT2D eigenvalue weighted by molar-refractivity contribution is 5.94. The van der Waals surface area contributed by atoms with Gasteiger partial charge in [-0.3, -0.25) is 0 Å². The van der Waals surface area contributed by atoms with Crippen LogP contribution in [0.2, 0.25) is 0 Å². The number of esters is 1. The van der Waals surface area contributed by atoms with E-state index in [0.29, 0.717) is 12.1 Å². The predicted molar refractivity (Wildman–Crippen MR) is 107 cm³/mol. The Balaban J connectivity index is 1.63. The molecule has 0 amide bonds. The third-order valence-corrected chi connectivity index (χ3v) is 4.46. The first-order chi connectivity index (χ1) is 13.3. The van der Waals surface area contributed by atoms with E-state index in [1.807, 2.05) is 72.8 Å². The van der Waals surface area contributed by atoms with Crippen LogP contribution in [-0.4, -0.2) is 11.0 Å². The molecule has 1 heterocycles. The molecule has 0 unspecified atom stereocenters. The summed E-state index contributed by atoms with van der Waals surface area (Å²) in [6.07, 6.45) is 0.668. The van der Waals surface area contributed by atoms with Gasteiger partial charge in [0.25, 0.3) is 0 Å². The topological polar surface area (TPSA) is 39.2 Å². The Hall–Kier alpha value is -3.46. The Morgan fingerprint density at radius 3 is 2.15 bits per heavy atom. The van der Waals surface area contributed by atoms with Crippen LogP contribution in [-0.2, 0) is 17.8 Å². The second-order valence-electron chi connectivity index (χ2n) is 6.40. The molecule has 0 bridgehead atoms. The highest BCUT2D eigenvalue weighted by atomic mass is 16.5. The molecule has 0 aliphatic carbocycles. The van der Waals surface area contributed by atoms with Gasteiger partial charge in [0.2, 0.25) is 0 Å². The molecule has 4 aromatic rings. The Morgan fingerprint density at radius 1 is 0.778 bits per heavy atom. The quantitative estimate of drug-likeness (QED) is 0.464. The predicted octanol–water partition coefficient (Wildman–Crippen LogP) is 5.18. The minimum absolute atomic E-state index is 0.238. The van der Waals surface area contributed by atoms with Crippen molar-refractivity contribution in [2.45, 2.75) is 13.0 Å². The lowest BCUT2D eigenvalue weighted by Crippen LogP contribution is -2.09. The average Bonchev–Trinajstić information content (AvgIpc) is 2.73. The molecule has 0 spiro atoms. The molecule has 27 heavy (non-hydrogen) atoms. The Morgan fingerprint density at radius 2 is 1.41 bits per heavy atom. The van der Waals surface area contributed by atoms with E-state index in [0.717, 1.165) is 27.6 Å². The molecule has 0 saturated heterocycles. The molecule has 0 aliphatic rings. The number of aromatic nitrogens is 1. The minimum Gasteiger partial charge on any atom is -0.456 e. The van der Waals surface area contributed by atoms with Crippen LogP contribution >= 0.6 is 0 Å². The normalized spacial score (nSPS) is 10.7. The number of hydrogen-bond donors (Lipinski definition) is 0. The van der Waals surface area contributed by atoms with E-state index in [1.165, 1.54) is 0 Å². The summed E-state index contributed by atoms with van der Waals surface area (Å²) in [6, 6.07) is 29.6. The summed E-state index contributed by atoms with van der Waals surface area (Å²) in [6.45, 7) is 0.238. The van der Waals surface area contributed by atoms with Gasteiger partial charge < -0.3 is 4.74 Å². The molecule has 0 fully saturated rings. The van der Waals surface area contributed by atoms with Crippen molar-refractivity contribution in [2.24, 2.45) is 0 Å². The Bertz CT molecular complexity index is 1060. The Labute approximate surface area is 158 Å². The number of benzene rings is 3. The molecule has 0 aliphatic heterocycles. The van der Waals surface area contributed by atoms with E-state index >= 15 is 0 Å². The number of rotatable bonds is 5. The van der Waals surface area contributed by atoms with Gasteiger partial charge in [-0.25, -0.2) is 9.78 Å². The van der Waals surface area contributed by atoms with Crippen LogP contribution in [0, 0.1) is 0 Å². The lowest BCUT2D eigenvalue weighted by atomic mass is 10.0. The molecule has 4 rings (SSSR count). The molecule has 1 aromatic heterocycles. The smallest absolute Gasteiger partial charge is 0.357 e. The third-order valence-electron chi connectivity index (χ3n) is 4.46. The molecule has 0 saturated carbocycles. The van der Waals surface area contributed by atoms with Crippen LogP contribution in [0.4, 0.5) is 0 Å². The molecular formula is C24H19NO2. The second-order valence-corrected chi connectivity index (χ2v) is 6.40. The maximum Gasteiger partial charge on any atom is 0.357 e. The molecule has 0 N–H and O–H groups in total. The van der Waals surface area contributed by atoms with Crippen molar-refractivity contribution < 1.29 is 9.53 Å². The summed E-state index contributed by atoms with van der Waals surface area (Å²) in [5.74, 6) is -0.404. The van der Waals surface area contributed by atoms with Crippen molar-refractivity contribution in [1.29, 1.82) is 0 Å². The first kappa shape index (κ1) is 17.0. The van der Waals surface area contributed by atoms with Gasteiger partial charge >= 0.3 is 5.97 Å². The number of nitrogens with zero attached hydrogens (tertiary/aromatic N) is 1. The van der Waals surface area contributed by atoms with Crippen LogP contribution in [0.1, 0.15) is 27.3 Å². The van der Waals surface area contributed by atoms with Gasteiger partial charge in [-0.15, -0.1) is 0 Å². The summed E-state index contributed by atoms with van der Waals surface area (Å²) in [5.41, 5.74) is 3.34. The van der Waals surface area contributed by atoms with Crippen LogP contribution in [0.3, 0.4) is 0 Å². The zero-order valence-corrected chi connectivity index (χ0v) is 14.8. The lowest BCUT2D eigenvalue weighted by Gasteiger charge is -2.10. The number of carbonyl (C=O) groups excluding carboxylic acids is 1. The van der Waals surface area contributed by atoms with E-state index in [9.17, 15) is 4.79 Å². The highest BCUT2D eigenvalue weighted by Crippen LogP contribution is 2.22. The summed E-state index contributed by atoms with van der Waals surface area (Å²) < 4.78 is 5.47. The van der Waals surface area contributed by atoms with Gasteiger partial charge in [-0.05, 0) is 22.6 Å². The maximum atomic E-state index is 12.6. The monoisotopic (exact) mass is 353 g/mol. The third kappa shape index (κ3) is 4.04. The van der Waals surface area contributed by atoms with Gasteiger partial charge in [-0.2, -0.15) is 0 Å². The minimum atomic E-state index is -0.404. The molecule has 0 atom stereocenters. The SMILES string of the molecule is O=C(OCc1ccccc1)c1cc2ccccc2c(Cc2ccccc2)n1. The van der Waals surface area contributed by atoms with Crippen LogP contribution in [0.5, 0.6) is 0 Å². The molecule has 132 valence electrons. The van der Waals surface area contributed by atoms with Gasteiger partial charge in [0.1, 0.15) is 12.3 Å². The van der Waals surface area contributed by atoms with E-state index in [1.54, 1.807) is 6.07 Å². The number of hydrogen-bond acceptors (Lipinski definition) is 3. The van der Waals surface area contributed by atoms with E-state index in [4.69, 9.17) is 4.74 Å². The standard InChI is InChI=1S/C24H19NO2/c26-24(27-17-19-11-5-2-6-12-19)23-16-20-13-7-8-14-21(20)22(25-23)15-18-9-3-1-4-10-18/h1-14,16H,15,17H2. The largest absolute Gasteiger partial charge is 0.456 e. The fourth-order valence-corrected chi connectivity index (χ4v) is 3.10. The van der Waals surface area contributed by atoms with Crippen molar-refractivity contribution in [1.82, 2.24) is 4.98 Å². The summed E-state index contributed by atoms with van der Waals surface area (Å²) in [5, 5.41) is 2.05. The highest BCUT2D eigenvalue weighted by Gasteiger charge is 2.14. The number of ether oxygens (including phenoxy) is 1. The van der Waals surface area contributed by atoms with Crippen molar-refractivity contribution in [3.8, 4) is 0 Å². The zero-order valence-electron chi connectivity index (χ0n) is 14.8. The van der Waals surface area contributed by atoms with Crippen molar-refractivity contribution in [3.63, 3.8) is 0 Å². The first-order valence-corrected chi connectivity index (χ1v) is 8.93. The van der Waals surface area contributed by atoms with E-state index in [-0.39, 0.29) is 6.61 Å². The Kier molecular flexibility index (Phi) is 4.93. The zero-order chi connectivity index (χ0) is 18.5. The van der Waals surface area contributed by atoms with Crippen LogP contribution in [0.15, 0.2) is 91.0 Å². The molecular weight excluding hydrogens is 334 g/mol. The number of fused-ring (bicyclic) bond motifs is 1. The second kappa shape index (κ2) is 7.83. The van der Waals surface area contributed by atoms with Crippen molar-refractivity contribution in [3.05, 3.63) is 114 Å². The average molecular weight is 353 g/mol. The number of pyridine rings is 1. The molecule has 3 nitrogen and oxygen atoms in total. The van der Waals surface area contributed by atoms with Gasteiger partial charge in [0.15, 0.2) is 0 Å². The maximum absolute atomic E-state index is 12.6. The molecule has 3 aromatic carbocycles. The molecule has 0 radical (unpaired) electrons. The fraction of sp³-hybridized carbons (Fsp3) is 0.0833. The van der Waals surface area contributed by atoms with Crippen LogP contribution < -0.4 is 0 Å². The van der Waals surface area contributed by atoms with Crippen molar-refractivity contribution in [2.75, 3.05) is 0 Å². The first-order valence-electron chi connectivity index (χ1n) is 8.93. The van der Waals surface area contributed by atoms with Crippen molar-refractivity contribution >= 4 is 16.7 Å². The van der Waals surface area contributed by atoms with Gasteiger partial charge in [0.05, 0.1) is 5.69 Å². The van der Waals surface area contributed by atoms with Gasteiger partial charge in [-0.1, -0.05) is 84.9 Å². The number of carbonyl (C=O) groups is 1. The van der Waals surface area contributed by atoms with E-state index in [2.05, 4.69) is 17.1 Å². The summed E-state index contributed by atoms with van der Waals surface area (Å²) >= 11 is 0.